The fourth-order valence-electron chi connectivity index (χ4n) is 7.59. The van der Waals surface area contributed by atoms with E-state index in [2.05, 4.69) is 16.0 Å². The van der Waals surface area contributed by atoms with E-state index in [1.165, 1.54) is 0 Å². The van der Waals surface area contributed by atoms with Crippen molar-refractivity contribution in [2.75, 3.05) is 6.54 Å². The molecular weight excluding hydrogens is 652 g/mol. The number of aliphatic hydroxyl groups excluding tert-OH is 1. The van der Waals surface area contributed by atoms with Crippen LogP contribution in [-0.2, 0) is 28.8 Å². The van der Waals surface area contributed by atoms with Crippen LogP contribution in [0.4, 0.5) is 0 Å². The molecule has 1 heterocycles. The number of carboxylic acids is 1. The van der Waals surface area contributed by atoms with E-state index < -0.39 is 53.8 Å². The first-order valence-corrected chi connectivity index (χ1v) is 18.8. The quantitative estimate of drug-likeness (QED) is 0.125. The summed E-state index contributed by atoms with van der Waals surface area (Å²) in [5.74, 6) is -3.94. The summed E-state index contributed by atoms with van der Waals surface area (Å²) in [5, 5.41) is 28.7. The first kappa shape index (κ1) is 41.6. The molecule has 3 rings (SSSR count). The number of nitrogens with one attached hydrogen (secondary N) is 3. The van der Waals surface area contributed by atoms with E-state index in [4.69, 9.17) is 5.11 Å². The summed E-state index contributed by atoms with van der Waals surface area (Å²) >= 11 is 0. The SMILES string of the molecule is CCCC(NC(=O)C1[C@H]2CCC[C@H]2CN1C(=O)[C@@H](NC(=O)[C@@H](CC(=O)CCCCC(=O)O)C(C)C)C(C)C)C(O)C(=O)N[C@@H](C)c1ccccc1. The number of amides is 4. The second-order valence-corrected chi connectivity index (χ2v) is 15.2. The maximum Gasteiger partial charge on any atom is 0.303 e. The minimum Gasteiger partial charge on any atom is -0.481 e. The predicted octanol–water partition coefficient (Wildman–Crippen LogP) is 4.15. The van der Waals surface area contributed by atoms with Crippen LogP contribution in [0.5, 0.6) is 0 Å². The smallest absolute Gasteiger partial charge is 0.303 e. The second-order valence-electron chi connectivity index (χ2n) is 15.2. The molecule has 0 bridgehead atoms. The van der Waals surface area contributed by atoms with Crippen LogP contribution in [0.1, 0.15) is 117 Å². The first-order chi connectivity index (χ1) is 24.2. The summed E-state index contributed by atoms with van der Waals surface area (Å²) < 4.78 is 0. The second kappa shape index (κ2) is 19.7. The van der Waals surface area contributed by atoms with Gasteiger partial charge in [0, 0.05) is 31.7 Å². The fraction of sp³-hybridized carbons (Fsp3) is 0.692. The fourth-order valence-corrected chi connectivity index (χ4v) is 7.59. The van der Waals surface area contributed by atoms with Crippen LogP contribution < -0.4 is 16.0 Å². The molecule has 4 amide bonds. The molecule has 284 valence electrons. The zero-order valence-corrected chi connectivity index (χ0v) is 31.2. The number of carbonyl (C=O) groups is 6. The van der Waals surface area contributed by atoms with Gasteiger partial charge >= 0.3 is 5.97 Å². The molecule has 5 N–H and O–H groups in total. The number of ketones is 1. The van der Waals surface area contributed by atoms with Crippen LogP contribution in [0.2, 0.25) is 0 Å². The third-order valence-electron chi connectivity index (χ3n) is 10.6. The van der Waals surface area contributed by atoms with Gasteiger partial charge in [0.25, 0.3) is 5.91 Å². The van der Waals surface area contributed by atoms with E-state index in [1.54, 1.807) is 4.90 Å². The first-order valence-electron chi connectivity index (χ1n) is 18.8. The van der Waals surface area contributed by atoms with Gasteiger partial charge in [-0.2, -0.15) is 0 Å². The van der Waals surface area contributed by atoms with Gasteiger partial charge in [-0.1, -0.05) is 77.8 Å². The Labute approximate surface area is 302 Å². The Morgan fingerprint density at radius 1 is 0.863 bits per heavy atom. The number of hydrogen-bond donors (Lipinski definition) is 5. The van der Waals surface area contributed by atoms with Gasteiger partial charge in [-0.15, -0.1) is 0 Å². The van der Waals surface area contributed by atoms with Crippen LogP contribution in [0.25, 0.3) is 0 Å². The van der Waals surface area contributed by atoms with Crippen LogP contribution in [0.3, 0.4) is 0 Å². The summed E-state index contributed by atoms with van der Waals surface area (Å²) in [7, 11) is 0. The number of nitrogens with zero attached hydrogens (tertiary/aromatic N) is 1. The molecule has 1 aliphatic heterocycles. The Morgan fingerprint density at radius 2 is 1.53 bits per heavy atom. The van der Waals surface area contributed by atoms with Gasteiger partial charge in [-0.25, -0.2) is 0 Å². The molecule has 1 aromatic carbocycles. The third-order valence-corrected chi connectivity index (χ3v) is 10.6. The number of carboxylic acid groups (broad SMARTS) is 1. The molecule has 0 spiro atoms. The number of likely N-dealkylation sites (tertiary alicyclic amines) is 1. The zero-order valence-electron chi connectivity index (χ0n) is 31.2. The number of Topliss-reactive ketones (excluding diaryl/α,β-unsaturated/α-hetero) is 1. The van der Waals surface area contributed by atoms with Gasteiger partial charge in [-0.3, -0.25) is 28.8 Å². The maximum atomic E-state index is 14.3. The number of hydrogen-bond acceptors (Lipinski definition) is 7. The monoisotopic (exact) mass is 712 g/mol. The lowest BCUT2D eigenvalue weighted by molar-refractivity contribution is -0.145. The van der Waals surface area contributed by atoms with Crippen LogP contribution in [-0.4, -0.2) is 81.3 Å². The molecule has 0 radical (unpaired) electrons. The molecule has 12 nitrogen and oxygen atoms in total. The highest BCUT2D eigenvalue weighted by molar-refractivity contribution is 5.95. The number of benzene rings is 1. The standard InChI is InChI=1S/C39H60N4O8/c1-7-14-31(35(47)38(50)40-25(6)26-15-9-8-10-16-26)41-37(49)34-29-19-13-17-27(29)22-43(34)39(51)33(24(4)5)42-36(48)30(23(2)3)21-28(44)18-11-12-20-32(45)46/h8-10,15-16,23-25,27,29-31,33-35,47H,7,11-14,17-22H2,1-6H3,(H,40,50)(H,41,49)(H,42,48)(H,45,46)/t25-,27-,29-,30-,31?,33-,34?,35?/m0/s1. The summed E-state index contributed by atoms with van der Waals surface area (Å²) in [5.41, 5.74) is 0.882. The number of aliphatic carboxylic acids is 1. The van der Waals surface area contributed by atoms with Crippen LogP contribution >= 0.6 is 0 Å². The number of rotatable bonds is 20. The van der Waals surface area contributed by atoms with Crippen molar-refractivity contribution >= 4 is 35.4 Å². The lowest BCUT2D eigenvalue weighted by Crippen LogP contribution is -2.59. The van der Waals surface area contributed by atoms with Crippen LogP contribution in [0.15, 0.2) is 30.3 Å². The van der Waals surface area contributed by atoms with Crippen molar-refractivity contribution in [1.29, 1.82) is 0 Å². The Bertz CT molecular complexity index is 1350. The Morgan fingerprint density at radius 3 is 2.14 bits per heavy atom. The number of aliphatic hydroxyl groups is 1. The molecule has 2 fully saturated rings. The summed E-state index contributed by atoms with van der Waals surface area (Å²) in [6, 6.07) is 6.43. The molecule has 51 heavy (non-hydrogen) atoms. The lowest BCUT2D eigenvalue weighted by Gasteiger charge is -2.34. The molecule has 8 atom stereocenters. The Kier molecular flexibility index (Phi) is 16.1. The Balaban J connectivity index is 1.74. The third kappa shape index (κ3) is 11.6. The molecule has 0 aromatic heterocycles. The van der Waals surface area contributed by atoms with Gasteiger partial charge in [0.15, 0.2) is 6.10 Å². The van der Waals surface area contributed by atoms with Crippen molar-refractivity contribution in [3.8, 4) is 0 Å². The predicted molar refractivity (Wildman–Crippen MR) is 193 cm³/mol. The topological polar surface area (TPSA) is 182 Å². The largest absolute Gasteiger partial charge is 0.481 e. The van der Waals surface area contributed by atoms with E-state index in [1.807, 2.05) is 71.9 Å². The van der Waals surface area contributed by atoms with Gasteiger partial charge in [-0.05, 0) is 68.3 Å². The highest BCUT2D eigenvalue weighted by atomic mass is 16.4. The molecular formula is C39H60N4O8. The van der Waals surface area contributed by atoms with Crippen LogP contribution in [0, 0.1) is 29.6 Å². The summed E-state index contributed by atoms with van der Waals surface area (Å²) in [6.07, 6.45) is 3.02. The highest BCUT2D eigenvalue weighted by Crippen LogP contribution is 2.43. The molecule has 3 unspecified atom stereocenters. The molecule has 1 aliphatic carbocycles. The van der Waals surface area contributed by atoms with Gasteiger partial charge < -0.3 is 31.1 Å². The van der Waals surface area contributed by atoms with E-state index in [9.17, 15) is 33.9 Å². The molecule has 1 aromatic rings. The van der Waals surface area contributed by atoms with Crippen molar-refractivity contribution in [3.63, 3.8) is 0 Å². The highest BCUT2D eigenvalue weighted by Gasteiger charge is 2.51. The van der Waals surface area contributed by atoms with Gasteiger partial charge in [0.2, 0.25) is 17.7 Å². The number of unbranched alkanes of at least 4 members (excludes halogenated alkanes) is 1. The lowest BCUT2D eigenvalue weighted by atomic mass is 9.88. The molecule has 12 heteroatoms. The average molecular weight is 713 g/mol. The zero-order chi connectivity index (χ0) is 37.8. The van der Waals surface area contributed by atoms with E-state index in [-0.39, 0.29) is 60.7 Å². The molecule has 1 saturated heterocycles. The van der Waals surface area contributed by atoms with Crippen molar-refractivity contribution < 1.29 is 39.0 Å². The average Bonchev–Trinajstić information content (AvgIpc) is 3.69. The van der Waals surface area contributed by atoms with E-state index >= 15 is 0 Å². The van der Waals surface area contributed by atoms with Crippen molar-refractivity contribution in [1.82, 2.24) is 20.9 Å². The summed E-state index contributed by atoms with van der Waals surface area (Å²) in [4.78, 5) is 80.4. The minimum atomic E-state index is -1.50. The molecule has 2 aliphatic rings. The van der Waals surface area contributed by atoms with Crippen molar-refractivity contribution in [3.05, 3.63) is 35.9 Å². The minimum absolute atomic E-state index is 0.00663. The maximum absolute atomic E-state index is 14.3. The number of fused-ring (bicyclic) bond motifs is 1. The van der Waals surface area contributed by atoms with E-state index in [0.29, 0.717) is 32.2 Å². The van der Waals surface area contributed by atoms with E-state index in [0.717, 1.165) is 24.8 Å². The number of carbonyl (C=O) groups excluding carboxylic acids is 5. The normalized spacial score (nSPS) is 21.4. The van der Waals surface area contributed by atoms with Gasteiger partial charge in [0.1, 0.15) is 17.9 Å². The summed E-state index contributed by atoms with van der Waals surface area (Å²) in [6.45, 7) is 11.5. The Hall–Kier alpha value is -3.80. The van der Waals surface area contributed by atoms with Gasteiger partial charge in [0.05, 0.1) is 12.1 Å². The molecule has 1 saturated carbocycles. The van der Waals surface area contributed by atoms with Crippen molar-refractivity contribution in [2.24, 2.45) is 29.6 Å². The van der Waals surface area contributed by atoms with Crippen molar-refractivity contribution in [2.45, 2.75) is 136 Å².